The van der Waals surface area contributed by atoms with Gasteiger partial charge in [0, 0.05) is 11.6 Å². The lowest BCUT2D eigenvalue weighted by Gasteiger charge is -2.33. The first-order valence-corrected chi connectivity index (χ1v) is 10.0. The summed E-state index contributed by atoms with van der Waals surface area (Å²) in [6.45, 7) is 5.55. The van der Waals surface area contributed by atoms with Crippen LogP contribution in [0.4, 0.5) is 0 Å². The number of rotatable bonds is 5. The van der Waals surface area contributed by atoms with Gasteiger partial charge in [0.2, 0.25) is 15.9 Å². The van der Waals surface area contributed by atoms with Crippen molar-refractivity contribution in [1.29, 1.82) is 0 Å². The zero-order valence-corrected chi connectivity index (χ0v) is 15.6. The third-order valence-corrected chi connectivity index (χ3v) is 6.06. The summed E-state index contributed by atoms with van der Waals surface area (Å²) in [6.07, 6.45) is 4.77. The van der Waals surface area contributed by atoms with E-state index < -0.39 is 10.0 Å². The van der Waals surface area contributed by atoms with Gasteiger partial charge in [-0.05, 0) is 45.7 Å². The average molecular weight is 352 g/mol. The summed E-state index contributed by atoms with van der Waals surface area (Å²) in [4.78, 5) is 12.6. The molecule has 6 heteroatoms. The minimum absolute atomic E-state index is 0.102. The number of sulfonamides is 1. The van der Waals surface area contributed by atoms with E-state index in [-0.39, 0.29) is 28.9 Å². The lowest BCUT2D eigenvalue weighted by Crippen LogP contribution is -2.50. The van der Waals surface area contributed by atoms with E-state index >= 15 is 0 Å². The summed E-state index contributed by atoms with van der Waals surface area (Å²) < 4.78 is 27.6. The molecule has 1 saturated carbocycles. The van der Waals surface area contributed by atoms with Gasteiger partial charge in [-0.15, -0.1) is 0 Å². The predicted molar refractivity (Wildman–Crippen MR) is 95.1 cm³/mol. The monoisotopic (exact) mass is 352 g/mol. The summed E-state index contributed by atoms with van der Waals surface area (Å²) in [5.41, 5.74) is -0.383. The van der Waals surface area contributed by atoms with Crippen LogP contribution in [0.5, 0.6) is 0 Å². The zero-order chi connectivity index (χ0) is 17.8. The summed E-state index contributed by atoms with van der Waals surface area (Å²) in [6, 6.07) is 8.28. The highest BCUT2D eigenvalue weighted by atomic mass is 32.2. The molecular formula is C18H28N2O3S. The second-order valence-corrected chi connectivity index (χ2v) is 9.34. The molecule has 0 bridgehead atoms. The number of amides is 1. The molecule has 1 N–H and O–H groups in total. The molecule has 5 nitrogen and oxygen atoms in total. The average Bonchev–Trinajstić information content (AvgIpc) is 2.52. The second kappa shape index (κ2) is 7.66. The van der Waals surface area contributed by atoms with Crippen LogP contribution in [0.2, 0.25) is 0 Å². The van der Waals surface area contributed by atoms with E-state index in [0.717, 1.165) is 32.1 Å². The zero-order valence-electron chi connectivity index (χ0n) is 14.8. The Labute approximate surface area is 145 Å². The Balaban J connectivity index is 2.27. The van der Waals surface area contributed by atoms with Crippen molar-refractivity contribution in [2.45, 2.75) is 69.4 Å². The van der Waals surface area contributed by atoms with Gasteiger partial charge in [0.05, 0.1) is 11.4 Å². The van der Waals surface area contributed by atoms with Gasteiger partial charge in [0.25, 0.3) is 0 Å². The smallest absolute Gasteiger partial charge is 0.243 e. The lowest BCUT2D eigenvalue weighted by atomic mass is 9.95. The van der Waals surface area contributed by atoms with Gasteiger partial charge in [-0.25, -0.2) is 8.42 Å². The Morgan fingerprint density at radius 3 is 2.25 bits per heavy atom. The lowest BCUT2D eigenvalue weighted by molar-refractivity contribution is -0.123. The van der Waals surface area contributed by atoms with Crippen molar-refractivity contribution in [3.05, 3.63) is 30.3 Å². The van der Waals surface area contributed by atoms with Crippen molar-refractivity contribution in [2.75, 3.05) is 6.54 Å². The van der Waals surface area contributed by atoms with Crippen molar-refractivity contribution in [2.24, 2.45) is 0 Å². The first-order chi connectivity index (χ1) is 11.2. The number of nitrogens with zero attached hydrogens (tertiary/aromatic N) is 1. The molecule has 1 aliphatic rings. The summed E-state index contributed by atoms with van der Waals surface area (Å²) in [7, 11) is -3.68. The number of carbonyl (C=O) groups is 1. The molecule has 0 aliphatic heterocycles. The Hall–Kier alpha value is -1.40. The van der Waals surface area contributed by atoms with Gasteiger partial charge in [-0.3, -0.25) is 4.79 Å². The van der Waals surface area contributed by atoms with Crippen LogP contribution in [0.1, 0.15) is 52.9 Å². The van der Waals surface area contributed by atoms with E-state index in [1.807, 2.05) is 20.8 Å². The van der Waals surface area contributed by atoms with Crippen LogP contribution in [0.15, 0.2) is 35.2 Å². The molecule has 134 valence electrons. The van der Waals surface area contributed by atoms with Crippen molar-refractivity contribution < 1.29 is 13.2 Å². The number of nitrogens with one attached hydrogen (secondary N) is 1. The first-order valence-electron chi connectivity index (χ1n) is 8.58. The van der Waals surface area contributed by atoms with Crippen LogP contribution in [-0.4, -0.2) is 36.8 Å². The molecule has 1 amide bonds. The van der Waals surface area contributed by atoms with E-state index in [1.54, 1.807) is 30.3 Å². The molecule has 0 heterocycles. The summed E-state index contributed by atoms with van der Waals surface area (Å²) in [5.74, 6) is -0.257. The summed E-state index contributed by atoms with van der Waals surface area (Å²) in [5, 5.41) is 2.87. The van der Waals surface area contributed by atoms with Crippen LogP contribution in [0, 0.1) is 0 Å². The molecule has 0 unspecified atom stereocenters. The molecule has 24 heavy (non-hydrogen) atoms. The van der Waals surface area contributed by atoms with Gasteiger partial charge < -0.3 is 5.32 Å². The summed E-state index contributed by atoms with van der Waals surface area (Å²) >= 11 is 0. The topological polar surface area (TPSA) is 66.5 Å². The van der Waals surface area contributed by atoms with Crippen LogP contribution in [0.3, 0.4) is 0 Å². The van der Waals surface area contributed by atoms with Crippen molar-refractivity contribution in [3.63, 3.8) is 0 Å². The Bertz CT molecular complexity index is 645. The van der Waals surface area contributed by atoms with Crippen LogP contribution in [0.25, 0.3) is 0 Å². The normalized spacial score (nSPS) is 17.0. The van der Waals surface area contributed by atoms with Crippen LogP contribution >= 0.6 is 0 Å². The minimum Gasteiger partial charge on any atom is -0.350 e. The molecule has 0 aromatic heterocycles. The fraction of sp³-hybridized carbons (Fsp3) is 0.611. The Morgan fingerprint density at radius 1 is 1.12 bits per heavy atom. The first kappa shape index (κ1) is 18.9. The largest absolute Gasteiger partial charge is 0.350 e. The number of hydrogen-bond acceptors (Lipinski definition) is 3. The molecule has 2 rings (SSSR count). The number of carbonyl (C=O) groups excluding carboxylic acids is 1. The highest BCUT2D eigenvalue weighted by Gasteiger charge is 2.34. The highest BCUT2D eigenvalue weighted by Crippen LogP contribution is 2.27. The molecule has 1 aromatic carbocycles. The van der Waals surface area contributed by atoms with Crippen LogP contribution in [-0.2, 0) is 14.8 Å². The van der Waals surface area contributed by atoms with Gasteiger partial charge in [-0.1, -0.05) is 37.5 Å². The third kappa shape index (κ3) is 5.05. The van der Waals surface area contributed by atoms with E-state index in [1.165, 1.54) is 4.31 Å². The Kier molecular flexibility index (Phi) is 6.04. The standard InChI is InChI=1S/C18H28N2O3S/c1-18(2,3)19-17(21)14-20(15-10-6-4-7-11-15)24(22,23)16-12-8-5-9-13-16/h5,8-9,12-13,15H,4,6-7,10-11,14H2,1-3H3,(H,19,21). The molecule has 1 aliphatic carbocycles. The fourth-order valence-corrected chi connectivity index (χ4v) is 4.77. The van der Waals surface area contributed by atoms with Crippen molar-refractivity contribution in [1.82, 2.24) is 9.62 Å². The Morgan fingerprint density at radius 2 is 1.71 bits per heavy atom. The molecule has 1 aromatic rings. The van der Waals surface area contributed by atoms with E-state index in [9.17, 15) is 13.2 Å². The predicted octanol–water partition coefficient (Wildman–Crippen LogP) is 2.92. The number of hydrogen-bond donors (Lipinski definition) is 1. The van der Waals surface area contributed by atoms with Gasteiger partial charge in [0.1, 0.15) is 0 Å². The third-order valence-electron chi connectivity index (χ3n) is 4.15. The molecule has 0 atom stereocenters. The van der Waals surface area contributed by atoms with Gasteiger partial charge in [-0.2, -0.15) is 4.31 Å². The minimum atomic E-state index is -3.68. The molecule has 0 spiro atoms. The SMILES string of the molecule is CC(C)(C)NC(=O)CN(C1CCCCC1)S(=O)(=O)c1ccccc1. The van der Waals surface area contributed by atoms with Gasteiger partial charge in [0.15, 0.2) is 0 Å². The molecule has 1 fully saturated rings. The quantitative estimate of drug-likeness (QED) is 0.886. The fourth-order valence-electron chi connectivity index (χ4n) is 3.11. The van der Waals surface area contributed by atoms with Crippen LogP contribution < -0.4 is 5.32 Å². The van der Waals surface area contributed by atoms with Crippen molar-refractivity contribution in [3.8, 4) is 0 Å². The number of benzene rings is 1. The van der Waals surface area contributed by atoms with E-state index in [4.69, 9.17) is 0 Å². The van der Waals surface area contributed by atoms with E-state index in [0.29, 0.717) is 0 Å². The van der Waals surface area contributed by atoms with E-state index in [2.05, 4.69) is 5.32 Å². The van der Waals surface area contributed by atoms with Gasteiger partial charge >= 0.3 is 0 Å². The maximum absolute atomic E-state index is 13.1. The molecular weight excluding hydrogens is 324 g/mol. The highest BCUT2D eigenvalue weighted by molar-refractivity contribution is 7.89. The maximum atomic E-state index is 13.1. The molecule has 0 saturated heterocycles. The maximum Gasteiger partial charge on any atom is 0.243 e. The van der Waals surface area contributed by atoms with Crippen molar-refractivity contribution >= 4 is 15.9 Å². The molecule has 0 radical (unpaired) electrons. The second-order valence-electron chi connectivity index (χ2n) is 7.45.